The lowest BCUT2D eigenvalue weighted by Crippen LogP contribution is -2.01. The molecule has 18 heavy (non-hydrogen) atoms. The van der Waals surface area contributed by atoms with Gasteiger partial charge in [0.2, 0.25) is 0 Å². The van der Waals surface area contributed by atoms with Gasteiger partial charge in [-0.25, -0.2) is 0 Å². The second kappa shape index (κ2) is 4.87. The van der Waals surface area contributed by atoms with Gasteiger partial charge in [-0.2, -0.15) is 9.97 Å². The Bertz CT molecular complexity index is 550. The van der Waals surface area contributed by atoms with E-state index in [2.05, 4.69) is 15.0 Å². The Kier molecular flexibility index (Phi) is 3.27. The van der Waals surface area contributed by atoms with Crippen molar-refractivity contribution in [3.63, 3.8) is 0 Å². The molecule has 0 amide bonds. The number of rotatable bonds is 3. The minimum absolute atomic E-state index is 0.0934. The predicted octanol–water partition coefficient (Wildman–Crippen LogP) is 1.57. The third-order valence-corrected chi connectivity index (χ3v) is 2.35. The monoisotopic (exact) mass is 247 g/mol. The number of hydrogen-bond acceptors (Lipinski definition) is 6. The van der Waals surface area contributed by atoms with Gasteiger partial charge >= 0.3 is 12.0 Å². The van der Waals surface area contributed by atoms with E-state index in [-0.39, 0.29) is 17.8 Å². The molecule has 0 aliphatic rings. The lowest BCUT2D eigenvalue weighted by atomic mass is 10.1. The molecule has 0 fully saturated rings. The largest absolute Gasteiger partial charge is 0.507 e. The molecule has 0 bridgehead atoms. The van der Waals surface area contributed by atoms with E-state index in [4.69, 9.17) is 9.47 Å². The first-order chi connectivity index (χ1) is 8.63. The number of phenolic OH excluding ortho intramolecular Hbond substituents is 1. The molecular weight excluding hydrogens is 234 g/mol. The number of phenols is 1. The van der Waals surface area contributed by atoms with Crippen LogP contribution in [0.25, 0.3) is 11.4 Å². The first kappa shape index (κ1) is 12.1. The molecule has 1 heterocycles. The number of methoxy groups -OCH3 is 2. The zero-order valence-corrected chi connectivity index (χ0v) is 10.3. The third kappa shape index (κ3) is 2.32. The maximum Gasteiger partial charge on any atom is 0.322 e. The van der Waals surface area contributed by atoms with Crippen LogP contribution in [0.5, 0.6) is 17.8 Å². The zero-order chi connectivity index (χ0) is 13.1. The maximum atomic E-state index is 9.83. The number of aromatic hydroxyl groups is 1. The fourth-order valence-corrected chi connectivity index (χ4v) is 1.47. The molecule has 2 aromatic rings. The molecule has 0 unspecified atom stereocenters. The van der Waals surface area contributed by atoms with Crippen molar-refractivity contribution in [1.82, 2.24) is 15.0 Å². The van der Waals surface area contributed by atoms with E-state index in [1.54, 1.807) is 18.2 Å². The van der Waals surface area contributed by atoms with Crippen molar-refractivity contribution in [2.24, 2.45) is 0 Å². The van der Waals surface area contributed by atoms with Gasteiger partial charge < -0.3 is 14.6 Å². The van der Waals surface area contributed by atoms with Gasteiger partial charge in [0.1, 0.15) is 5.75 Å². The van der Waals surface area contributed by atoms with Crippen LogP contribution >= 0.6 is 0 Å². The number of aryl methyl sites for hydroxylation is 1. The van der Waals surface area contributed by atoms with Gasteiger partial charge in [-0.1, -0.05) is 11.6 Å². The van der Waals surface area contributed by atoms with Crippen molar-refractivity contribution < 1.29 is 14.6 Å². The summed E-state index contributed by atoms with van der Waals surface area (Å²) in [5.41, 5.74) is 1.50. The number of nitrogens with zero attached hydrogens (tertiary/aromatic N) is 3. The first-order valence-corrected chi connectivity index (χ1v) is 5.28. The molecule has 94 valence electrons. The van der Waals surface area contributed by atoms with E-state index in [0.29, 0.717) is 11.4 Å². The highest BCUT2D eigenvalue weighted by molar-refractivity contribution is 5.64. The fraction of sp³-hybridized carbons (Fsp3) is 0.250. The van der Waals surface area contributed by atoms with Crippen molar-refractivity contribution in [3.8, 4) is 29.2 Å². The molecule has 0 radical (unpaired) electrons. The summed E-state index contributed by atoms with van der Waals surface area (Å²) in [6.45, 7) is 1.92. The lowest BCUT2D eigenvalue weighted by molar-refractivity contribution is 0.341. The third-order valence-electron chi connectivity index (χ3n) is 2.35. The molecular formula is C12H13N3O3. The molecule has 0 atom stereocenters. The number of aromatic nitrogens is 3. The summed E-state index contributed by atoms with van der Waals surface area (Å²) >= 11 is 0. The molecule has 1 aromatic heterocycles. The number of benzene rings is 1. The molecule has 0 saturated carbocycles. The molecule has 1 aromatic carbocycles. The van der Waals surface area contributed by atoms with Crippen LogP contribution in [0.15, 0.2) is 18.2 Å². The summed E-state index contributed by atoms with van der Waals surface area (Å²) in [4.78, 5) is 12.1. The summed E-state index contributed by atoms with van der Waals surface area (Å²) in [5, 5.41) is 9.83. The van der Waals surface area contributed by atoms with Crippen molar-refractivity contribution in [3.05, 3.63) is 23.8 Å². The second-order valence-electron chi connectivity index (χ2n) is 3.65. The highest BCUT2D eigenvalue weighted by atomic mass is 16.5. The average Bonchev–Trinajstić information content (AvgIpc) is 2.40. The second-order valence-corrected chi connectivity index (χ2v) is 3.65. The van der Waals surface area contributed by atoms with E-state index in [9.17, 15) is 5.11 Å². The standard InChI is InChI=1S/C12H13N3O3/c1-7-4-5-9(16)8(6-7)10-13-11(17-2)15-12(14-10)18-3/h4-6,16H,1-3H3. The molecule has 2 rings (SSSR count). The first-order valence-electron chi connectivity index (χ1n) is 5.28. The van der Waals surface area contributed by atoms with Crippen LogP contribution in [-0.4, -0.2) is 34.3 Å². The Hall–Kier alpha value is -2.37. The molecule has 0 spiro atoms. The molecule has 6 heteroatoms. The van der Waals surface area contributed by atoms with Crippen LogP contribution in [0.2, 0.25) is 0 Å². The van der Waals surface area contributed by atoms with Crippen LogP contribution in [-0.2, 0) is 0 Å². The Balaban J connectivity index is 2.58. The van der Waals surface area contributed by atoms with Gasteiger partial charge in [0, 0.05) is 0 Å². The topological polar surface area (TPSA) is 77.4 Å². The Labute approximate surface area is 104 Å². The van der Waals surface area contributed by atoms with Crippen molar-refractivity contribution in [1.29, 1.82) is 0 Å². The highest BCUT2D eigenvalue weighted by Gasteiger charge is 2.12. The van der Waals surface area contributed by atoms with Crippen LogP contribution in [0.4, 0.5) is 0 Å². The lowest BCUT2D eigenvalue weighted by Gasteiger charge is -2.07. The van der Waals surface area contributed by atoms with Crippen molar-refractivity contribution in [2.45, 2.75) is 6.92 Å². The van der Waals surface area contributed by atoms with Crippen LogP contribution in [0, 0.1) is 6.92 Å². The molecule has 0 aliphatic heterocycles. The van der Waals surface area contributed by atoms with Crippen molar-refractivity contribution >= 4 is 0 Å². The summed E-state index contributed by atoms with van der Waals surface area (Å²) in [6, 6.07) is 5.45. The predicted molar refractivity (Wildman–Crippen MR) is 64.8 cm³/mol. The quantitative estimate of drug-likeness (QED) is 0.887. The summed E-state index contributed by atoms with van der Waals surface area (Å²) in [7, 11) is 2.91. The van der Waals surface area contributed by atoms with E-state index in [1.807, 2.05) is 6.92 Å². The summed E-state index contributed by atoms with van der Waals surface area (Å²) in [6.07, 6.45) is 0. The Morgan fingerprint density at radius 1 is 1.00 bits per heavy atom. The van der Waals surface area contributed by atoms with Gasteiger partial charge in [-0.15, -0.1) is 4.98 Å². The zero-order valence-electron chi connectivity index (χ0n) is 10.3. The minimum atomic E-state index is 0.0934. The number of hydrogen-bond donors (Lipinski definition) is 1. The van der Waals surface area contributed by atoms with Gasteiger partial charge in [0.05, 0.1) is 19.8 Å². The van der Waals surface area contributed by atoms with Crippen LogP contribution in [0.1, 0.15) is 5.56 Å². The van der Waals surface area contributed by atoms with Gasteiger partial charge in [-0.3, -0.25) is 0 Å². The fourth-order valence-electron chi connectivity index (χ4n) is 1.47. The molecule has 0 aliphatic carbocycles. The molecule has 1 N–H and O–H groups in total. The van der Waals surface area contributed by atoms with E-state index in [0.717, 1.165) is 5.56 Å². The minimum Gasteiger partial charge on any atom is -0.507 e. The number of ether oxygens (including phenoxy) is 2. The maximum absolute atomic E-state index is 9.83. The van der Waals surface area contributed by atoms with Crippen LogP contribution in [0.3, 0.4) is 0 Å². The SMILES string of the molecule is COc1nc(OC)nc(-c2cc(C)ccc2O)n1. The van der Waals surface area contributed by atoms with Gasteiger partial charge in [-0.05, 0) is 19.1 Å². The Morgan fingerprint density at radius 3 is 2.17 bits per heavy atom. The average molecular weight is 247 g/mol. The van der Waals surface area contributed by atoms with E-state index in [1.165, 1.54) is 14.2 Å². The Morgan fingerprint density at radius 2 is 1.61 bits per heavy atom. The normalized spacial score (nSPS) is 10.2. The van der Waals surface area contributed by atoms with Gasteiger partial charge in [0.25, 0.3) is 0 Å². The van der Waals surface area contributed by atoms with Crippen molar-refractivity contribution in [2.75, 3.05) is 14.2 Å². The van der Waals surface area contributed by atoms with E-state index >= 15 is 0 Å². The summed E-state index contributed by atoms with van der Waals surface area (Å²) < 4.78 is 9.93. The smallest absolute Gasteiger partial charge is 0.322 e. The van der Waals surface area contributed by atoms with Gasteiger partial charge in [0.15, 0.2) is 5.82 Å². The summed E-state index contributed by atoms with van der Waals surface area (Å²) in [5.74, 6) is 0.399. The highest BCUT2D eigenvalue weighted by Crippen LogP contribution is 2.28. The molecule has 6 nitrogen and oxygen atoms in total. The van der Waals surface area contributed by atoms with E-state index < -0.39 is 0 Å². The molecule has 0 saturated heterocycles. The van der Waals surface area contributed by atoms with Crippen LogP contribution < -0.4 is 9.47 Å².